The monoisotopic (exact) mass is 273 g/mol. The lowest BCUT2D eigenvalue weighted by atomic mass is 10.1. The van der Waals surface area contributed by atoms with Gasteiger partial charge in [-0.05, 0) is 32.4 Å². The van der Waals surface area contributed by atoms with Crippen LogP contribution in [0.1, 0.15) is 34.8 Å². The number of nitrogens with one attached hydrogen (secondary N) is 2. The van der Waals surface area contributed by atoms with Crippen molar-refractivity contribution in [3.05, 3.63) is 34.9 Å². The molecule has 0 saturated carbocycles. The van der Waals surface area contributed by atoms with Gasteiger partial charge in [0.25, 0.3) is 5.91 Å². The molecule has 5 heteroatoms. The highest BCUT2D eigenvalue weighted by Gasteiger charge is 2.11. The summed E-state index contributed by atoms with van der Waals surface area (Å²) in [5.41, 5.74) is 2.52. The number of nitriles is 1. The molecule has 5 nitrogen and oxygen atoms in total. The number of amides is 2. The number of hydrogen-bond donors (Lipinski definition) is 2. The molecule has 0 saturated heterocycles. The first kappa shape index (κ1) is 15.7. The van der Waals surface area contributed by atoms with Crippen molar-refractivity contribution in [1.29, 1.82) is 5.26 Å². The summed E-state index contributed by atoms with van der Waals surface area (Å²) in [6.45, 7) is 5.50. The second-order valence-electron chi connectivity index (χ2n) is 4.72. The van der Waals surface area contributed by atoms with Gasteiger partial charge in [0.05, 0.1) is 12.6 Å². The van der Waals surface area contributed by atoms with E-state index in [1.165, 1.54) is 0 Å². The minimum absolute atomic E-state index is 0.135. The summed E-state index contributed by atoms with van der Waals surface area (Å²) in [6.07, 6.45) is 0.535. The van der Waals surface area contributed by atoms with E-state index in [4.69, 9.17) is 5.26 Å². The second-order valence-corrected chi connectivity index (χ2v) is 4.72. The second kappa shape index (κ2) is 7.29. The zero-order valence-corrected chi connectivity index (χ0v) is 12.0. The minimum Gasteiger partial charge on any atom is -0.343 e. The van der Waals surface area contributed by atoms with E-state index in [2.05, 4.69) is 10.6 Å². The fourth-order valence-corrected chi connectivity index (χ4v) is 1.84. The maximum absolute atomic E-state index is 11.9. The van der Waals surface area contributed by atoms with E-state index < -0.39 is 6.04 Å². The van der Waals surface area contributed by atoms with Crippen LogP contribution in [-0.4, -0.2) is 24.4 Å². The van der Waals surface area contributed by atoms with E-state index in [0.29, 0.717) is 12.0 Å². The van der Waals surface area contributed by atoms with Crippen LogP contribution in [0.3, 0.4) is 0 Å². The van der Waals surface area contributed by atoms with Gasteiger partial charge in [0.2, 0.25) is 5.91 Å². The van der Waals surface area contributed by atoms with Crippen LogP contribution in [0.4, 0.5) is 0 Å². The molecule has 1 rings (SSSR count). The molecule has 0 aromatic heterocycles. The van der Waals surface area contributed by atoms with Crippen molar-refractivity contribution in [3.8, 4) is 6.07 Å². The molecule has 0 aliphatic rings. The van der Waals surface area contributed by atoms with Gasteiger partial charge < -0.3 is 10.6 Å². The molecule has 0 heterocycles. The third-order valence-electron chi connectivity index (χ3n) is 2.79. The highest BCUT2D eigenvalue weighted by atomic mass is 16.2. The smallest absolute Gasteiger partial charge is 0.251 e. The Morgan fingerprint density at radius 2 is 1.85 bits per heavy atom. The van der Waals surface area contributed by atoms with Gasteiger partial charge in [0, 0.05) is 5.56 Å². The summed E-state index contributed by atoms with van der Waals surface area (Å²) < 4.78 is 0. The molecule has 0 aliphatic heterocycles. The van der Waals surface area contributed by atoms with Crippen LogP contribution < -0.4 is 10.6 Å². The predicted molar refractivity (Wildman–Crippen MR) is 76.1 cm³/mol. The Kier molecular flexibility index (Phi) is 5.73. The molecule has 0 aliphatic carbocycles. The number of aryl methyl sites for hydroxylation is 2. The Morgan fingerprint density at radius 1 is 1.25 bits per heavy atom. The quantitative estimate of drug-likeness (QED) is 0.852. The van der Waals surface area contributed by atoms with Crippen molar-refractivity contribution in [2.24, 2.45) is 0 Å². The highest BCUT2D eigenvalue weighted by molar-refractivity contribution is 5.96. The Morgan fingerprint density at radius 3 is 2.35 bits per heavy atom. The van der Waals surface area contributed by atoms with E-state index in [-0.39, 0.29) is 18.4 Å². The van der Waals surface area contributed by atoms with E-state index in [9.17, 15) is 9.59 Å². The largest absolute Gasteiger partial charge is 0.343 e. The van der Waals surface area contributed by atoms with Gasteiger partial charge >= 0.3 is 0 Å². The standard InChI is InChI=1S/C15H19N3O2/c1-4-13(8-16)18-14(19)9-17-15(20)12-6-10(2)5-11(3)7-12/h5-7,13H,4,9H2,1-3H3,(H,17,20)(H,18,19)/t13-/m1/s1. The third kappa shape index (κ3) is 4.73. The summed E-state index contributed by atoms with van der Waals surface area (Å²) in [4.78, 5) is 23.5. The van der Waals surface area contributed by atoms with Gasteiger partial charge in [-0.1, -0.05) is 24.1 Å². The average molecular weight is 273 g/mol. The molecule has 2 amide bonds. The first-order chi connectivity index (χ1) is 9.46. The van der Waals surface area contributed by atoms with Crippen LogP contribution in [-0.2, 0) is 4.79 Å². The normalized spacial score (nSPS) is 11.3. The molecule has 2 N–H and O–H groups in total. The molecule has 0 radical (unpaired) electrons. The fraction of sp³-hybridized carbons (Fsp3) is 0.400. The van der Waals surface area contributed by atoms with Gasteiger partial charge in [-0.3, -0.25) is 9.59 Å². The molecule has 0 spiro atoms. The molecule has 1 aromatic carbocycles. The number of benzene rings is 1. The van der Waals surface area contributed by atoms with Crippen LogP contribution in [0.25, 0.3) is 0 Å². The van der Waals surface area contributed by atoms with E-state index in [1.807, 2.05) is 32.9 Å². The highest BCUT2D eigenvalue weighted by Crippen LogP contribution is 2.08. The lowest BCUT2D eigenvalue weighted by Gasteiger charge is -2.10. The Balaban J connectivity index is 2.55. The predicted octanol–water partition coefficient (Wildman–Crippen LogP) is 1.45. The van der Waals surface area contributed by atoms with Crippen LogP contribution in [0, 0.1) is 25.2 Å². The van der Waals surface area contributed by atoms with Crippen molar-refractivity contribution in [1.82, 2.24) is 10.6 Å². The van der Waals surface area contributed by atoms with Crippen LogP contribution in [0.15, 0.2) is 18.2 Å². The van der Waals surface area contributed by atoms with Gasteiger partial charge in [-0.2, -0.15) is 5.26 Å². The maximum Gasteiger partial charge on any atom is 0.251 e. The minimum atomic E-state index is -0.513. The Hall–Kier alpha value is -2.35. The molecule has 106 valence electrons. The molecule has 0 bridgehead atoms. The Bertz CT molecular complexity index is 526. The first-order valence-corrected chi connectivity index (χ1v) is 6.51. The number of rotatable bonds is 5. The van der Waals surface area contributed by atoms with Crippen molar-refractivity contribution in [2.45, 2.75) is 33.2 Å². The molecule has 0 unspecified atom stereocenters. The lowest BCUT2D eigenvalue weighted by Crippen LogP contribution is -2.41. The SMILES string of the molecule is CC[C@H](C#N)NC(=O)CNC(=O)c1cc(C)cc(C)c1. The van der Waals surface area contributed by atoms with Gasteiger partial charge in [0.1, 0.15) is 6.04 Å². The number of carbonyl (C=O) groups excluding carboxylic acids is 2. The fourth-order valence-electron chi connectivity index (χ4n) is 1.84. The van der Waals surface area contributed by atoms with Gasteiger partial charge in [-0.25, -0.2) is 0 Å². The zero-order valence-electron chi connectivity index (χ0n) is 12.0. The van der Waals surface area contributed by atoms with E-state index in [1.54, 1.807) is 12.1 Å². The number of nitrogens with zero attached hydrogens (tertiary/aromatic N) is 1. The lowest BCUT2D eigenvalue weighted by molar-refractivity contribution is -0.120. The molecular formula is C15H19N3O2. The summed E-state index contributed by atoms with van der Waals surface area (Å²) in [7, 11) is 0. The summed E-state index contributed by atoms with van der Waals surface area (Å²) in [5, 5.41) is 13.8. The van der Waals surface area contributed by atoms with Crippen molar-refractivity contribution >= 4 is 11.8 Å². The van der Waals surface area contributed by atoms with Gasteiger partial charge in [-0.15, -0.1) is 0 Å². The number of carbonyl (C=O) groups is 2. The summed E-state index contributed by atoms with van der Waals surface area (Å²) in [5.74, 6) is -0.659. The Labute approximate surface area is 119 Å². The van der Waals surface area contributed by atoms with Gasteiger partial charge in [0.15, 0.2) is 0 Å². The van der Waals surface area contributed by atoms with Crippen LogP contribution in [0.2, 0.25) is 0 Å². The van der Waals surface area contributed by atoms with Crippen LogP contribution >= 0.6 is 0 Å². The topological polar surface area (TPSA) is 82.0 Å². The summed E-state index contributed by atoms with van der Waals surface area (Å²) >= 11 is 0. The molecule has 1 atom stereocenters. The third-order valence-corrected chi connectivity index (χ3v) is 2.79. The van der Waals surface area contributed by atoms with Crippen molar-refractivity contribution < 1.29 is 9.59 Å². The van der Waals surface area contributed by atoms with Crippen molar-refractivity contribution in [3.63, 3.8) is 0 Å². The molecule has 1 aromatic rings. The average Bonchev–Trinajstić information content (AvgIpc) is 2.41. The van der Waals surface area contributed by atoms with E-state index in [0.717, 1.165) is 11.1 Å². The van der Waals surface area contributed by atoms with Crippen LogP contribution in [0.5, 0.6) is 0 Å². The molecule has 20 heavy (non-hydrogen) atoms. The first-order valence-electron chi connectivity index (χ1n) is 6.51. The number of hydrogen-bond acceptors (Lipinski definition) is 3. The molecule has 0 fully saturated rings. The molecular weight excluding hydrogens is 254 g/mol. The van der Waals surface area contributed by atoms with Crippen molar-refractivity contribution in [2.75, 3.05) is 6.54 Å². The zero-order chi connectivity index (χ0) is 15.1. The summed E-state index contributed by atoms with van der Waals surface area (Å²) in [6, 6.07) is 6.97. The maximum atomic E-state index is 11.9. The van der Waals surface area contributed by atoms with E-state index >= 15 is 0 Å².